The number of hydrogen-bond donors (Lipinski definition) is 1. The molecule has 4 heteroatoms. The fourth-order valence-electron chi connectivity index (χ4n) is 1.65. The Balaban J connectivity index is 1.92. The molecule has 70 valence electrons. The summed E-state index contributed by atoms with van der Waals surface area (Å²) in [7, 11) is 0. The quantitative estimate of drug-likeness (QED) is 0.693. The first kappa shape index (κ1) is 8.59. The van der Waals surface area contributed by atoms with Crippen LogP contribution in [-0.2, 0) is 6.54 Å². The van der Waals surface area contributed by atoms with Gasteiger partial charge in [0.15, 0.2) is 0 Å². The first-order chi connectivity index (χ1) is 6.34. The smallest absolute Gasteiger partial charge is 0.0726 e. The first-order valence-electron chi connectivity index (χ1n) is 4.57. The standard InChI is InChI=1S/C9H14N4/c10-8-1-4-13(6-8)7-9-5-11-2-3-12-9/h2-3,5,8H,1,4,6-7,10H2/t8-/m0/s1. The van der Waals surface area contributed by atoms with Crippen molar-refractivity contribution in [3.05, 3.63) is 24.3 Å². The summed E-state index contributed by atoms with van der Waals surface area (Å²) >= 11 is 0. The van der Waals surface area contributed by atoms with Gasteiger partial charge in [-0.25, -0.2) is 0 Å². The van der Waals surface area contributed by atoms with E-state index in [0.29, 0.717) is 6.04 Å². The Morgan fingerprint density at radius 2 is 2.46 bits per heavy atom. The normalized spacial score (nSPS) is 23.6. The lowest BCUT2D eigenvalue weighted by Crippen LogP contribution is -2.26. The first-order valence-corrected chi connectivity index (χ1v) is 4.57. The van der Waals surface area contributed by atoms with E-state index in [1.54, 1.807) is 12.4 Å². The summed E-state index contributed by atoms with van der Waals surface area (Å²) < 4.78 is 0. The van der Waals surface area contributed by atoms with Gasteiger partial charge >= 0.3 is 0 Å². The maximum Gasteiger partial charge on any atom is 0.0726 e. The lowest BCUT2D eigenvalue weighted by Gasteiger charge is -2.13. The van der Waals surface area contributed by atoms with Gasteiger partial charge in [-0.05, 0) is 6.42 Å². The number of likely N-dealkylation sites (tertiary alicyclic amines) is 1. The lowest BCUT2D eigenvalue weighted by atomic mass is 10.3. The van der Waals surface area contributed by atoms with Gasteiger partial charge in [0, 0.05) is 44.3 Å². The van der Waals surface area contributed by atoms with Crippen molar-refractivity contribution in [2.75, 3.05) is 13.1 Å². The minimum absolute atomic E-state index is 0.344. The van der Waals surface area contributed by atoms with Gasteiger partial charge in [0.05, 0.1) is 5.69 Å². The van der Waals surface area contributed by atoms with Gasteiger partial charge in [-0.1, -0.05) is 0 Å². The third-order valence-electron chi connectivity index (χ3n) is 2.31. The zero-order valence-electron chi connectivity index (χ0n) is 7.56. The molecule has 0 radical (unpaired) electrons. The molecule has 1 aliphatic heterocycles. The van der Waals surface area contributed by atoms with E-state index in [0.717, 1.165) is 31.7 Å². The topological polar surface area (TPSA) is 55.0 Å². The van der Waals surface area contributed by atoms with Gasteiger partial charge in [-0.15, -0.1) is 0 Å². The van der Waals surface area contributed by atoms with E-state index in [-0.39, 0.29) is 0 Å². The Morgan fingerprint density at radius 3 is 3.08 bits per heavy atom. The van der Waals surface area contributed by atoms with E-state index in [2.05, 4.69) is 14.9 Å². The molecule has 0 spiro atoms. The largest absolute Gasteiger partial charge is 0.326 e. The Morgan fingerprint density at radius 1 is 1.54 bits per heavy atom. The molecular weight excluding hydrogens is 164 g/mol. The molecule has 1 atom stereocenters. The minimum Gasteiger partial charge on any atom is -0.326 e. The van der Waals surface area contributed by atoms with Crippen LogP contribution in [-0.4, -0.2) is 34.0 Å². The van der Waals surface area contributed by atoms with Crippen molar-refractivity contribution >= 4 is 0 Å². The molecule has 1 aromatic rings. The molecule has 4 nitrogen and oxygen atoms in total. The zero-order chi connectivity index (χ0) is 9.10. The minimum atomic E-state index is 0.344. The fourth-order valence-corrected chi connectivity index (χ4v) is 1.65. The molecule has 1 fully saturated rings. The number of nitrogens with zero attached hydrogens (tertiary/aromatic N) is 3. The fraction of sp³-hybridized carbons (Fsp3) is 0.556. The van der Waals surface area contributed by atoms with Crippen LogP contribution in [0.2, 0.25) is 0 Å². The molecule has 0 unspecified atom stereocenters. The molecule has 1 aliphatic rings. The maximum atomic E-state index is 5.80. The van der Waals surface area contributed by atoms with Crippen LogP contribution in [0.1, 0.15) is 12.1 Å². The van der Waals surface area contributed by atoms with Gasteiger partial charge in [0.1, 0.15) is 0 Å². The number of nitrogens with two attached hydrogens (primary N) is 1. The molecular formula is C9H14N4. The Bertz CT molecular complexity index is 262. The van der Waals surface area contributed by atoms with E-state index in [1.165, 1.54) is 0 Å². The van der Waals surface area contributed by atoms with Crippen molar-refractivity contribution in [1.29, 1.82) is 0 Å². The van der Waals surface area contributed by atoms with Gasteiger partial charge in [-0.3, -0.25) is 14.9 Å². The van der Waals surface area contributed by atoms with E-state index < -0.39 is 0 Å². The highest BCUT2D eigenvalue weighted by molar-refractivity contribution is 4.95. The van der Waals surface area contributed by atoms with Crippen LogP contribution in [0, 0.1) is 0 Å². The molecule has 1 saturated heterocycles. The van der Waals surface area contributed by atoms with Crippen molar-refractivity contribution in [3.8, 4) is 0 Å². The molecule has 2 rings (SSSR count). The third kappa shape index (κ3) is 2.23. The summed E-state index contributed by atoms with van der Waals surface area (Å²) in [5, 5.41) is 0. The van der Waals surface area contributed by atoms with Crippen LogP contribution < -0.4 is 5.73 Å². The van der Waals surface area contributed by atoms with Crippen molar-refractivity contribution < 1.29 is 0 Å². The van der Waals surface area contributed by atoms with E-state index in [9.17, 15) is 0 Å². The average molecular weight is 178 g/mol. The van der Waals surface area contributed by atoms with Crippen LogP contribution in [0.15, 0.2) is 18.6 Å². The zero-order valence-corrected chi connectivity index (χ0v) is 7.56. The number of aromatic nitrogens is 2. The predicted molar refractivity (Wildman–Crippen MR) is 49.9 cm³/mol. The van der Waals surface area contributed by atoms with Crippen LogP contribution in [0.25, 0.3) is 0 Å². The molecule has 2 N–H and O–H groups in total. The molecule has 0 aliphatic carbocycles. The van der Waals surface area contributed by atoms with Crippen LogP contribution in [0.5, 0.6) is 0 Å². The van der Waals surface area contributed by atoms with Crippen molar-refractivity contribution in [2.24, 2.45) is 5.73 Å². The SMILES string of the molecule is N[C@H]1CCN(Cc2cnccn2)C1. The highest BCUT2D eigenvalue weighted by atomic mass is 15.2. The second kappa shape index (κ2) is 3.81. The summed E-state index contributed by atoms with van der Waals surface area (Å²) in [5.41, 5.74) is 6.83. The van der Waals surface area contributed by atoms with Gasteiger partial charge in [0.25, 0.3) is 0 Å². The average Bonchev–Trinajstić information content (AvgIpc) is 2.53. The summed E-state index contributed by atoms with van der Waals surface area (Å²) in [6.07, 6.45) is 6.33. The number of rotatable bonds is 2. The Labute approximate surface area is 77.8 Å². The molecule has 1 aromatic heterocycles. The second-order valence-electron chi connectivity index (χ2n) is 3.48. The van der Waals surface area contributed by atoms with Crippen LogP contribution >= 0.6 is 0 Å². The molecule has 0 amide bonds. The molecule has 0 aromatic carbocycles. The molecule has 13 heavy (non-hydrogen) atoms. The van der Waals surface area contributed by atoms with E-state index >= 15 is 0 Å². The Kier molecular flexibility index (Phi) is 2.52. The summed E-state index contributed by atoms with van der Waals surface area (Å²) in [5.74, 6) is 0. The van der Waals surface area contributed by atoms with Crippen LogP contribution in [0.4, 0.5) is 0 Å². The summed E-state index contributed by atoms with van der Waals surface area (Å²) in [4.78, 5) is 10.6. The van der Waals surface area contributed by atoms with Gasteiger partial charge in [0.2, 0.25) is 0 Å². The van der Waals surface area contributed by atoms with E-state index in [1.807, 2.05) is 6.20 Å². The Hall–Kier alpha value is -1.00. The predicted octanol–water partition coefficient (Wildman–Crippen LogP) is 0.00960. The van der Waals surface area contributed by atoms with Crippen LogP contribution in [0.3, 0.4) is 0 Å². The molecule has 0 bridgehead atoms. The second-order valence-corrected chi connectivity index (χ2v) is 3.48. The van der Waals surface area contributed by atoms with E-state index in [4.69, 9.17) is 5.73 Å². The van der Waals surface area contributed by atoms with Gasteiger partial charge < -0.3 is 5.73 Å². The monoisotopic (exact) mass is 178 g/mol. The van der Waals surface area contributed by atoms with Crippen molar-refractivity contribution in [3.63, 3.8) is 0 Å². The highest BCUT2D eigenvalue weighted by Gasteiger charge is 2.18. The summed E-state index contributed by atoms with van der Waals surface area (Å²) in [6.45, 7) is 2.94. The molecule has 2 heterocycles. The highest BCUT2D eigenvalue weighted by Crippen LogP contribution is 2.09. The lowest BCUT2D eigenvalue weighted by molar-refractivity contribution is 0.322. The van der Waals surface area contributed by atoms with Crippen molar-refractivity contribution in [1.82, 2.24) is 14.9 Å². The maximum absolute atomic E-state index is 5.80. The van der Waals surface area contributed by atoms with Crippen molar-refractivity contribution in [2.45, 2.75) is 19.0 Å². The molecule has 0 saturated carbocycles. The summed E-state index contributed by atoms with van der Waals surface area (Å²) in [6, 6.07) is 0.344. The number of hydrogen-bond acceptors (Lipinski definition) is 4. The van der Waals surface area contributed by atoms with Gasteiger partial charge in [-0.2, -0.15) is 0 Å². The third-order valence-corrected chi connectivity index (χ3v) is 2.31.